The van der Waals surface area contributed by atoms with Crippen LogP contribution in [0.5, 0.6) is 0 Å². The van der Waals surface area contributed by atoms with Crippen molar-refractivity contribution in [2.75, 3.05) is 13.6 Å². The molecule has 0 N–H and O–H groups in total. The van der Waals surface area contributed by atoms with Gasteiger partial charge in [-0.2, -0.15) is 7.05 Å². The first-order chi connectivity index (χ1) is 3.27. The summed E-state index contributed by atoms with van der Waals surface area (Å²) in [5, 5.41) is 3.76. The van der Waals surface area contributed by atoms with E-state index in [1.165, 1.54) is 0 Å². The maximum absolute atomic E-state index is 10.1. The molecule has 0 atom stereocenters. The molecule has 0 amide bonds. The zero-order valence-corrected chi connectivity index (χ0v) is 8.19. The van der Waals surface area contributed by atoms with Gasteiger partial charge in [0.05, 0.1) is 0 Å². The maximum atomic E-state index is 10.1. The van der Waals surface area contributed by atoms with Gasteiger partial charge >= 0.3 is 0 Å². The minimum absolute atomic E-state index is 0. The monoisotopic (exact) mass is 189 g/mol. The maximum Gasteiger partial charge on any atom is 0.128 e. The second-order valence-corrected chi connectivity index (χ2v) is 1.49. The largest absolute Gasteiger partial charge is 0.665 e. The topological polar surface area (TPSA) is 31.2 Å². The van der Waals surface area contributed by atoms with Crippen molar-refractivity contribution in [1.82, 2.24) is 0 Å². The molecular weight excluding hydrogens is 179 g/mol. The Hall–Kier alpha value is 0.734. The predicted octanol–water partition coefficient (Wildman–Crippen LogP) is 0.967. The summed E-state index contributed by atoms with van der Waals surface area (Å²) in [5.74, 6) is 0.214. The third-order valence-electron chi connectivity index (χ3n) is 0.687. The number of hydrogen-bond acceptors (Lipinski definition) is 1. The van der Waals surface area contributed by atoms with E-state index in [-0.39, 0.29) is 38.5 Å². The molecule has 0 aliphatic carbocycles. The minimum Gasteiger partial charge on any atom is -0.665 e. The van der Waals surface area contributed by atoms with E-state index in [4.69, 9.17) is 0 Å². The van der Waals surface area contributed by atoms with Crippen LogP contribution in [0.25, 0.3) is 5.32 Å². The van der Waals surface area contributed by atoms with Crippen LogP contribution in [0.2, 0.25) is 0 Å². The molecule has 0 unspecified atom stereocenters. The number of rotatable bonds is 3. The van der Waals surface area contributed by atoms with Crippen LogP contribution in [0.3, 0.4) is 0 Å². The molecule has 0 saturated heterocycles. The molecule has 0 bridgehead atoms. The van der Waals surface area contributed by atoms with Crippen LogP contribution in [0.1, 0.15) is 13.3 Å². The first kappa shape index (κ1) is 11.5. The minimum atomic E-state index is 0. The van der Waals surface area contributed by atoms with Crippen molar-refractivity contribution in [3.8, 4) is 0 Å². The molecule has 1 radical (unpaired) electrons. The number of ketones is 1. The van der Waals surface area contributed by atoms with Crippen molar-refractivity contribution < 1.29 is 37.5 Å². The van der Waals surface area contributed by atoms with E-state index in [1.54, 1.807) is 14.0 Å². The zero-order valence-electron chi connectivity index (χ0n) is 5.35. The van der Waals surface area contributed by atoms with Gasteiger partial charge in [-0.25, -0.2) is 0 Å². The predicted molar refractivity (Wildman–Crippen MR) is 29.4 cm³/mol. The number of Topliss-reactive ketones (excluding diaryl/α,β-unsaturated/α-hetero) is 1. The number of carbonyl (C=O) groups excluding carboxylic acids is 1. The van der Waals surface area contributed by atoms with Gasteiger partial charge in [0.1, 0.15) is 5.78 Å². The molecule has 0 heterocycles. The summed E-state index contributed by atoms with van der Waals surface area (Å²) in [7, 11) is 1.71. The van der Waals surface area contributed by atoms with Crippen molar-refractivity contribution in [1.29, 1.82) is 0 Å². The smallest absolute Gasteiger partial charge is 0.128 e. The average molecular weight is 189 g/mol. The summed E-state index contributed by atoms with van der Waals surface area (Å²) < 4.78 is 0. The molecule has 0 rings (SSSR count). The first-order valence-corrected chi connectivity index (χ1v) is 2.32. The molecule has 0 saturated carbocycles. The molecule has 0 aliphatic heterocycles. The Kier molecular flexibility index (Phi) is 11.1. The molecule has 0 fully saturated rings. The van der Waals surface area contributed by atoms with Gasteiger partial charge in [0.25, 0.3) is 0 Å². The quantitative estimate of drug-likeness (QED) is 0.650. The second-order valence-electron chi connectivity index (χ2n) is 1.49. The molecule has 0 aromatic heterocycles. The Morgan fingerprint density at radius 3 is 2.25 bits per heavy atom. The Morgan fingerprint density at radius 1 is 1.62 bits per heavy atom. The summed E-state index contributed by atoms with van der Waals surface area (Å²) in [6.45, 7) is 2.25. The van der Waals surface area contributed by atoms with E-state index in [0.717, 1.165) is 0 Å². The fraction of sp³-hybridized carbons (Fsp3) is 0.800. The molecule has 0 aromatic rings. The second kappa shape index (κ2) is 7.73. The molecular formula is C5H10NOY-. The van der Waals surface area contributed by atoms with Gasteiger partial charge in [-0.15, -0.1) is 6.54 Å². The summed E-state index contributed by atoms with van der Waals surface area (Å²) in [4.78, 5) is 10.1. The average Bonchev–Trinajstić information content (AvgIpc) is 1.61. The molecule has 0 aromatic carbocycles. The normalized spacial score (nSPS) is 7.75. The van der Waals surface area contributed by atoms with E-state index in [2.05, 4.69) is 5.32 Å². The molecule has 8 heavy (non-hydrogen) atoms. The van der Waals surface area contributed by atoms with E-state index in [0.29, 0.717) is 13.0 Å². The summed E-state index contributed by atoms with van der Waals surface area (Å²) in [5.41, 5.74) is 0. The van der Waals surface area contributed by atoms with Crippen molar-refractivity contribution in [3.63, 3.8) is 0 Å². The third-order valence-corrected chi connectivity index (χ3v) is 0.687. The van der Waals surface area contributed by atoms with Crippen molar-refractivity contribution in [2.24, 2.45) is 0 Å². The van der Waals surface area contributed by atoms with Crippen LogP contribution in [0.15, 0.2) is 0 Å². The van der Waals surface area contributed by atoms with E-state index in [9.17, 15) is 4.79 Å². The molecule has 0 aliphatic rings. The molecule has 45 valence electrons. The fourth-order valence-corrected chi connectivity index (χ4v) is 0.269. The Bertz CT molecular complexity index is 65.4. The van der Waals surface area contributed by atoms with E-state index in [1.807, 2.05) is 0 Å². The Labute approximate surface area is 75.3 Å². The van der Waals surface area contributed by atoms with Crippen LogP contribution in [0.4, 0.5) is 0 Å². The Morgan fingerprint density at radius 2 is 2.12 bits per heavy atom. The fourth-order valence-electron chi connectivity index (χ4n) is 0.269. The van der Waals surface area contributed by atoms with Gasteiger partial charge in [-0.1, -0.05) is 0 Å². The summed E-state index contributed by atoms with van der Waals surface area (Å²) in [6.07, 6.45) is 0.594. The molecule has 0 spiro atoms. The van der Waals surface area contributed by atoms with Crippen LogP contribution >= 0.6 is 0 Å². The van der Waals surface area contributed by atoms with E-state index >= 15 is 0 Å². The zero-order chi connectivity index (χ0) is 5.70. The Balaban J connectivity index is 0. The van der Waals surface area contributed by atoms with E-state index < -0.39 is 0 Å². The standard InChI is InChI=1S/C5H10NO.Y/c1-5(7)3-4-6-2;/h3-4H2,1-2H3;/q-1;. The van der Waals surface area contributed by atoms with Crippen molar-refractivity contribution in [3.05, 3.63) is 5.32 Å². The number of nitrogens with zero attached hydrogens (tertiary/aromatic N) is 1. The van der Waals surface area contributed by atoms with Crippen LogP contribution in [-0.2, 0) is 37.5 Å². The van der Waals surface area contributed by atoms with Crippen LogP contribution in [0, 0.1) is 0 Å². The van der Waals surface area contributed by atoms with Gasteiger partial charge in [0.15, 0.2) is 0 Å². The van der Waals surface area contributed by atoms with Crippen LogP contribution in [-0.4, -0.2) is 19.4 Å². The molecule has 2 nitrogen and oxygen atoms in total. The number of carbonyl (C=O) groups is 1. The summed E-state index contributed by atoms with van der Waals surface area (Å²) >= 11 is 0. The first-order valence-electron chi connectivity index (χ1n) is 2.32. The number of hydrogen-bond donors (Lipinski definition) is 0. The van der Waals surface area contributed by atoms with Crippen LogP contribution < -0.4 is 0 Å². The van der Waals surface area contributed by atoms with Gasteiger partial charge in [-0.3, -0.25) is 0 Å². The summed E-state index contributed by atoms with van der Waals surface area (Å²) in [6, 6.07) is 0. The van der Waals surface area contributed by atoms with Gasteiger partial charge in [0.2, 0.25) is 0 Å². The van der Waals surface area contributed by atoms with Gasteiger partial charge in [-0.05, 0) is 13.3 Å². The van der Waals surface area contributed by atoms with Crippen molar-refractivity contribution in [2.45, 2.75) is 13.3 Å². The SMILES string of the molecule is C[N-]CCC(C)=O.[Y]. The van der Waals surface area contributed by atoms with Gasteiger partial charge < -0.3 is 10.1 Å². The van der Waals surface area contributed by atoms with Crippen molar-refractivity contribution >= 4 is 5.78 Å². The molecule has 3 heteroatoms. The van der Waals surface area contributed by atoms with Gasteiger partial charge in [0, 0.05) is 32.7 Å². The third kappa shape index (κ3) is 9.88.